The number of rotatable bonds is 2. The van der Waals surface area contributed by atoms with Crippen LogP contribution >= 0.6 is 10.8 Å². The lowest BCUT2D eigenvalue weighted by molar-refractivity contribution is 0.615. The molecular formula is C3H5N3O2S2. The molecule has 1 N–H and O–H groups in total. The fourth-order valence-corrected chi connectivity index (χ4v) is 1.95. The van der Waals surface area contributed by atoms with Gasteiger partial charge in [0.25, 0.3) is 0 Å². The first-order valence-corrected chi connectivity index (χ1v) is 5.55. The Morgan fingerprint density at radius 1 is 1.70 bits per heavy atom. The van der Waals surface area contributed by atoms with Crippen molar-refractivity contribution in [3.05, 3.63) is 6.33 Å². The molecule has 0 aliphatic rings. The van der Waals surface area contributed by atoms with Crippen molar-refractivity contribution in [2.75, 3.05) is 6.26 Å². The zero-order valence-corrected chi connectivity index (χ0v) is 6.74. The summed E-state index contributed by atoms with van der Waals surface area (Å²) in [6, 6.07) is 0. The lowest BCUT2D eigenvalue weighted by atomic mass is 11.3. The van der Waals surface area contributed by atoms with Gasteiger partial charge in [-0.3, -0.25) is 5.10 Å². The Hall–Kier alpha value is -0.560. The third-order valence-electron chi connectivity index (χ3n) is 0.623. The molecule has 0 radical (unpaired) electrons. The number of nitrogens with zero attached hydrogens (tertiary/aromatic N) is 2. The smallest absolute Gasteiger partial charge is 0.206 e. The lowest BCUT2D eigenvalue weighted by Crippen LogP contribution is -1.88. The van der Waals surface area contributed by atoms with Crippen LogP contribution in [0.3, 0.4) is 0 Å². The van der Waals surface area contributed by atoms with Crippen LogP contribution in [0.25, 0.3) is 0 Å². The van der Waals surface area contributed by atoms with Gasteiger partial charge in [-0.05, 0) is 0 Å². The maximum Gasteiger partial charge on any atom is 0.206 e. The van der Waals surface area contributed by atoms with E-state index in [-0.39, 0.29) is 0 Å². The van der Waals surface area contributed by atoms with E-state index >= 15 is 0 Å². The van der Waals surface area contributed by atoms with Crippen LogP contribution in [0.4, 0.5) is 0 Å². The molecule has 1 aromatic rings. The zero-order chi connectivity index (χ0) is 7.61. The van der Waals surface area contributed by atoms with Crippen LogP contribution in [-0.2, 0) is 8.87 Å². The number of aromatic amines is 1. The molecule has 0 saturated carbocycles. The minimum atomic E-state index is -3.06. The van der Waals surface area contributed by atoms with E-state index in [0.717, 1.165) is 6.26 Å². The van der Waals surface area contributed by atoms with Crippen LogP contribution in [0.5, 0.6) is 0 Å². The summed E-state index contributed by atoms with van der Waals surface area (Å²) in [4.78, 5) is 3.62. The van der Waals surface area contributed by atoms with Gasteiger partial charge in [0, 0.05) is 17.0 Å². The van der Waals surface area contributed by atoms with Crippen LogP contribution in [0, 0.1) is 0 Å². The van der Waals surface area contributed by atoms with Crippen LogP contribution < -0.4 is 0 Å². The monoisotopic (exact) mass is 179 g/mol. The van der Waals surface area contributed by atoms with Gasteiger partial charge in [-0.15, -0.1) is 0 Å². The molecule has 0 aromatic carbocycles. The maximum atomic E-state index is 10.6. The average molecular weight is 179 g/mol. The van der Waals surface area contributed by atoms with Crippen LogP contribution in [0.2, 0.25) is 0 Å². The Labute approximate surface area is 61.6 Å². The third-order valence-corrected chi connectivity index (χ3v) is 2.66. The second-order valence-electron chi connectivity index (χ2n) is 1.58. The Kier molecular flexibility index (Phi) is 1.95. The quantitative estimate of drug-likeness (QED) is 0.639. The van der Waals surface area contributed by atoms with Crippen molar-refractivity contribution >= 4 is 19.7 Å². The molecule has 0 fully saturated rings. The third kappa shape index (κ3) is 2.36. The molecule has 0 bridgehead atoms. The highest BCUT2D eigenvalue weighted by atomic mass is 33.1. The van der Waals surface area contributed by atoms with Gasteiger partial charge in [0.1, 0.15) is 6.33 Å². The zero-order valence-electron chi connectivity index (χ0n) is 5.10. The van der Waals surface area contributed by atoms with E-state index in [2.05, 4.69) is 15.2 Å². The van der Waals surface area contributed by atoms with E-state index in [1.165, 1.54) is 6.33 Å². The molecule has 10 heavy (non-hydrogen) atoms. The largest absolute Gasteiger partial charge is 0.253 e. The SMILES string of the molecule is CS(=O)(=O)Sc1ncn[nH]1. The number of H-pyrrole nitrogens is 1. The van der Waals surface area contributed by atoms with Gasteiger partial charge in [-0.2, -0.15) is 5.10 Å². The summed E-state index contributed by atoms with van der Waals surface area (Å²) in [5.41, 5.74) is 0. The molecule has 0 aliphatic heterocycles. The highest BCUT2D eigenvalue weighted by Gasteiger charge is 2.06. The van der Waals surface area contributed by atoms with Crippen molar-refractivity contribution in [3.8, 4) is 0 Å². The Morgan fingerprint density at radius 2 is 2.40 bits per heavy atom. The van der Waals surface area contributed by atoms with Crippen molar-refractivity contribution in [2.45, 2.75) is 5.16 Å². The Morgan fingerprint density at radius 3 is 2.80 bits per heavy atom. The Bertz CT molecular complexity index is 290. The molecule has 1 aromatic heterocycles. The van der Waals surface area contributed by atoms with E-state index in [9.17, 15) is 8.42 Å². The molecule has 0 saturated heterocycles. The number of nitrogens with one attached hydrogen (secondary N) is 1. The van der Waals surface area contributed by atoms with Gasteiger partial charge < -0.3 is 0 Å². The van der Waals surface area contributed by atoms with E-state index in [0.29, 0.717) is 16.0 Å². The van der Waals surface area contributed by atoms with Gasteiger partial charge in [0.05, 0.1) is 0 Å². The fraction of sp³-hybridized carbons (Fsp3) is 0.333. The van der Waals surface area contributed by atoms with Crippen molar-refractivity contribution < 1.29 is 8.42 Å². The van der Waals surface area contributed by atoms with Crippen molar-refractivity contribution in [3.63, 3.8) is 0 Å². The van der Waals surface area contributed by atoms with E-state index in [1.54, 1.807) is 0 Å². The maximum absolute atomic E-state index is 10.6. The number of hydrogen-bond donors (Lipinski definition) is 1. The highest BCUT2D eigenvalue weighted by molar-refractivity contribution is 8.71. The highest BCUT2D eigenvalue weighted by Crippen LogP contribution is 2.16. The molecule has 0 spiro atoms. The van der Waals surface area contributed by atoms with Crippen LogP contribution in [-0.4, -0.2) is 29.9 Å². The van der Waals surface area contributed by atoms with Crippen molar-refractivity contribution in [2.24, 2.45) is 0 Å². The standard InChI is InChI=1S/C3H5N3O2S2/c1-10(7,8)9-3-4-2-5-6-3/h2H,1H3,(H,4,5,6). The summed E-state index contributed by atoms with van der Waals surface area (Å²) in [6.07, 6.45) is 2.37. The van der Waals surface area contributed by atoms with Crippen molar-refractivity contribution in [1.29, 1.82) is 0 Å². The van der Waals surface area contributed by atoms with E-state index < -0.39 is 8.87 Å². The van der Waals surface area contributed by atoms with E-state index in [4.69, 9.17) is 0 Å². The molecule has 56 valence electrons. The second kappa shape index (κ2) is 2.59. The molecule has 0 atom stereocenters. The van der Waals surface area contributed by atoms with E-state index in [1.807, 2.05) is 0 Å². The molecule has 0 aliphatic carbocycles. The first-order valence-electron chi connectivity index (χ1n) is 2.33. The molecule has 1 heterocycles. The molecule has 0 unspecified atom stereocenters. The van der Waals surface area contributed by atoms with Gasteiger partial charge in [-0.25, -0.2) is 13.4 Å². The predicted octanol–water partition coefficient (Wildman–Crippen LogP) is -0.144. The summed E-state index contributed by atoms with van der Waals surface area (Å²) >= 11 is 0. The summed E-state index contributed by atoms with van der Waals surface area (Å²) < 4.78 is 21.1. The topological polar surface area (TPSA) is 75.7 Å². The van der Waals surface area contributed by atoms with Gasteiger partial charge in [0.15, 0.2) is 5.16 Å². The first kappa shape index (κ1) is 7.55. The summed E-state index contributed by atoms with van der Waals surface area (Å²) in [5, 5.41) is 6.20. The van der Waals surface area contributed by atoms with Gasteiger partial charge in [-0.1, -0.05) is 0 Å². The summed E-state index contributed by atoms with van der Waals surface area (Å²) in [7, 11) is -2.41. The minimum Gasteiger partial charge on any atom is -0.253 e. The lowest BCUT2D eigenvalue weighted by Gasteiger charge is -1.88. The van der Waals surface area contributed by atoms with Crippen LogP contribution in [0.1, 0.15) is 0 Å². The molecule has 7 heteroatoms. The predicted molar refractivity (Wildman–Crippen MR) is 37.1 cm³/mol. The Balaban J connectivity index is 2.75. The summed E-state index contributed by atoms with van der Waals surface area (Å²) in [5.74, 6) is 0. The van der Waals surface area contributed by atoms with Gasteiger partial charge in [0.2, 0.25) is 8.87 Å². The first-order chi connectivity index (χ1) is 4.58. The molecule has 5 nitrogen and oxygen atoms in total. The van der Waals surface area contributed by atoms with Gasteiger partial charge >= 0.3 is 0 Å². The minimum absolute atomic E-state index is 0.294. The normalized spacial score (nSPS) is 11.7. The second-order valence-corrected chi connectivity index (χ2v) is 5.86. The van der Waals surface area contributed by atoms with Crippen molar-refractivity contribution in [1.82, 2.24) is 15.2 Å². The summed E-state index contributed by atoms with van der Waals surface area (Å²) in [6.45, 7) is 0. The molecule has 1 rings (SSSR count). The molecule has 0 amide bonds. The average Bonchev–Trinajstić information content (AvgIpc) is 2.12. The fourth-order valence-electron chi connectivity index (χ4n) is 0.378. The van der Waals surface area contributed by atoms with Crippen LogP contribution in [0.15, 0.2) is 11.5 Å². The molecular weight excluding hydrogens is 174 g/mol. The number of aromatic nitrogens is 3. The number of hydrogen-bond acceptors (Lipinski definition) is 5.